The van der Waals surface area contributed by atoms with Gasteiger partial charge in [0.25, 0.3) is 6.29 Å². The summed E-state index contributed by atoms with van der Waals surface area (Å²) in [5, 5.41) is 9.71. The molecular weight excluding hydrogens is 935 g/mol. The third kappa shape index (κ3) is 57.7. The molecule has 0 heterocycles. The molecule has 0 aromatic carbocycles. The number of hydrogen-bond acceptors (Lipinski definition) is 7. The first-order valence-electron chi connectivity index (χ1n) is 30.4. The third-order valence-electron chi connectivity index (χ3n) is 12.8. The number of likely N-dealkylation sites (N-methyl/N-ethyl adjacent to an activating group) is 1. The third-order valence-corrected chi connectivity index (χ3v) is 12.8. The molecule has 0 aromatic rings. The van der Waals surface area contributed by atoms with Crippen molar-refractivity contribution >= 4 is 17.9 Å². The fraction of sp³-hybridized carbons (Fsp3) is 0.712. The van der Waals surface area contributed by atoms with Gasteiger partial charge in [0.15, 0.2) is 6.10 Å². The molecule has 2 unspecified atom stereocenters. The van der Waals surface area contributed by atoms with Crippen LogP contribution in [0.2, 0.25) is 0 Å². The van der Waals surface area contributed by atoms with Crippen molar-refractivity contribution in [2.45, 2.75) is 257 Å². The zero-order chi connectivity index (χ0) is 54.8. The highest BCUT2D eigenvalue weighted by atomic mass is 16.7. The van der Waals surface area contributed by atoms with Gasteiger partial charge in [-0.15, -0.1) is 0 Å². The van der Waals surface area contributed by atoms with Crippen molar-refractivity contribution in [3.05, 3.63) is 97.2 Å². The van der Waals surface area contributed by atoms with Gasteiger partial charge in [0, 0.05) is 12.8 Å². The van der Waals surface area contributed by atoms with E-state index in [9.17, 15) is 19.5 Å². The van der Waals surface area contributed by atoms with Crippen LogP contribution < -0.4 is 0 Å². The summed E-state index contributed by atoms with van der Waals surface area (Å²) >= 11 is 0. The van der Waals surface area contributed by atoms with E-state index in [2.05, 4.69) is 111 Å². The summed E-state index contributed by atoms with van der Waals surface area (Å²) in [5.41, 5.74) is 0. The molecule has 0 fully saturated rings. The van der Waals surface area contributed by atoms with Crippen LogP contribution in [0.25, 0.3) is 0 Å². The molecule has 0 bridgehead atoms. The number of carbonyl (C=O) groups excluding carboxylic acids is 2. The molecule has 9 nitrogen and oxygen atoms in total. The van der Waals surface area contributed by atoms with Crippen LogP contribution in [-0.4, -0.2) is 87.4 Å². The van der Waals surface area contributed by atoms with Gasteiger partial charge in [-0.2, -0.15) is 0 Å². The minimum Gasteiger partial charge on any atom is -0.477 e. The van der Waals surface area contributed by atoms with Gasteiger partial charge in [-0.05, 0) is 96.3 Å². The van der Waals surface area contributed by atoms with Crippen molar-refractivity contribution < 1.29 is 42.9 Å². The van der Waals surface area contributed by atoms with E-state index < -0.39 is 24.3 Å². The average molecular weight is 1050 g/mol. The lowest BCUT2D eigenvalue weighted by molar-refractivity contribution is -0.870. The van der Waals surface area contributed by atoms with E-state index in [1.165, 1.54) is 122 Å². The van der Waals surface area contributed by atoms with E-state index in [1.807, 2.05) is 21.1 Å². The largest absolute Gasteiger partial charge is 0.477 e. The number of carboxylic acid groups (broad SMARTS) is 1. The Kier molecular flexibility index (Phi) is 53.6. The van der Waals surface area contributed by atoms with Crippen LogP contribution in [0.1, 0.15) is 245 Å². The summed E-state index contributed by atoms with van der Waals surface area (Å²) < 4.78 is 22.9. The van der Waals surface area contributed by atoms with E-state index in [0.717, 1.165) is 89.9 Å². The summed E-state index contributed by atoms with van der Waals surface area (Å²) in [5.74, 6) is -2.04. The Morgan fingerprint density at radius 3 is 1.13 bits per heavy atom. The Labute approximate surface area is 461 Å². The fourth-order valence-electron chi connectivity index (χ4n) is 8.16. The Balaban J connectivity index is 4.26. The van der Waals surface area contributed by atoms with E-state index in [-0.39, 0.29) is 32.2 Å². The Hall–Kier alpha value is -3.79. The number of hydrogen-bond donors (Lipinski definition) is 1. The Bertz CT molecular complexity index is 1550. The molecule has 0 amide bonds. The second-order valence-electron chi connectivity index (χ2n) is 21.3. The standard InChI is InChI=1S/C66H113NO8/c1-6-8-10-12-14-16-18-20-22-24-26-28-30-31-32-33-35-36-38-40-42-44-46-48-50-52-54-56-63(68)73-60-62(61-74-66(65(70)71)72-59-58-67(3,4)5)75-64(69)57-55-53-51-49-47-45-43-41-39-37-34-29-27-25-23-21-19-17-15-13-11-9-7-2/h9,11,15,17-18,20-21,23-24,26-27,29,37,39,43,45,62,66H,6-8,10,12-14,16,19,22,25,28,30-36,38,40-42,44,46-61H2,1-5H3/p+1/b11-9-,17-15-,20-18-,23-21-,26-24-,29-27-,39-37-,45-43-. The van der Waals surface area contributed by atoms with Crippen molar-refractivity contribution in [2.24, 2.45) is 0 Å². The molecule has 2 atom stereocenters. The van der Waals surface area contributed by atoms with E-state index in [4.69, 9.17) is 18.9 Å². The molecule has 9 heteroatoms. The molecular formula is C66H114NO8+. The number of nitrogens with zero attached hydrogens (tertiary/aromatic N) is 1. The minimum atomic E-state index is -1.52. The predicted molar refractivity (Wildman–Crippen MR) is 318 cm³/mol. The highest BCUT2D eigenvalue weighted by Crippen LogP contribution is 2.16. The molecule has 0 rings (SSSR count). The lowest BCUT2D eigenvalue weighted by atomic mass is 10.0. The van der Waals surface area contributed by atoms with E-state index in [1.54, 1.807) is 0 Å². The molecule has 0 aliphatic carbocycles. The van der Waals surface area contributed by atoms with Gasteiger partial charge in [-0.25, -0.2) is 4.79 Å². The van der Waals surface area contributed by atoms with Gasteiger partial charge in [0.2, 0.25) is 0 Å². The first-order valence-corrected chi connectivity index (χ1v) is 30.4. The van der Waals surface area contributed by atoms with Crippen molar-refractivity contribution in [1.82, 2.24) is 0 Å². The summed E-state index contributed by atoms with van der Waals surface area (Å²) in [4.78, 5) is 37.5. The summed E-state index contributed by atoms with van der Waals surface area (Å²) in [6.45, 7) is 4.73. The Morgan fingerprint density at radius 2 is 0.760 bits per heavy atom. The molecule has 0 saturated carbocycles. The second-order valence-corrected chi connectivity index (χ2v) is 21.3. The number of unbranched alkanes of at least 4 members (excludes halogenated alkanes) is 24. The second kappa shape index (κ2) is 56.4. The highest BCUT2D eigenvalue weighted by molar-refractivity contribution is 5.71. The lowest BCUT2D eigenvalue weighted by Crippen LogP contribution is -2.40. The normalized spacial score (nSPS) is 13.5. The summed E-state index contributed by atoms with van der Waals surface area (Å²) in [6, 6.07) is 0. The molecule has 0 aliphatic heterocycles. The van der Waals surface area contributed by atoms with Crippen LogP contribution >= 0.6 is 0 Å². The quantitative estimate of drug-likeness (QED) is 0.0211. The van der Waals surface area contributed by atoms with E-state index >= 15 is 0 Å². The summed E-state index contributed by atoms with van der Waals surface area (Å²) in [7, 11) is 5.96. The lowest BCUT2D eigenvalue weighted by Gasteiger charge is -2.25. The first kappa shape index (κ1) is 71.2. The summed E-state index contributed by atoms with van der Waals surface area (Å²) in [6.07, 6.45) is 73.5. The van der Waals surface area contributed by atoms with Gasteiger partial charge in [0.1, 0.15) is 13.2 Å². The first-order chi connectivity index (χ1) is 36.6. The molecule has 430 valence electrons. The van der Waals surface area contributed by atoms with Crippen LogP contribution in [0.4, 0.5) is 0 Å². The zero-order valence-electron chi connectivity index (χ0n) is 48.9. The van der Waals surface area contributed by atoms with Gasteiger partial charge in [0.05, 0.1) is 34.4 Å². The molecule has 1 N–H and O–H groups in total. The van der Waals surface area contributed by atoms with E-state index in [0.29, 0.717) is 23.9 Å². The zero-order valence-corrected chi connectivity index (χ0v) is 48.9. The van der Waals surface area contributed by atoms with Crippen LogP contribution in [0.15, 0.2) is 97.2 Å². The Morgan fingerprint density at radius 1 is 0.413 bits per heavy atom. The van der Waals surface area contributed by atoms with Crippen molar-refractivity contribution in [2.75, 3.05) is 47.5 Å². The van der Waals surface area contributed by atoms with Crippen molar-refractivity contribution in [3.63, 3.8) is 0 Å². The minimum absolute atomic E-state index is 0.178. The molecule has 0 saturated heterocycles. The van der Waals surface area contributed by atoms with Crippen LogP contribution in [0, 0.1) is 0 Å². The number of aliphatic carboxylic acids is 1. The number of quaternary nitrogens is 1. The molecule has 0 aliphatic rings. The molecule has 75 heavy (non-hydrogen) atoms. The maximum absolute atomic E-state index is 12.9. The number of rotatable bonds is 55. The van der Waals surface area contributed by atoms with Crippen molar-refractivity contribution in [3.8, 4) is 0 Å². The monoisotopic (exact) mass is 1050 g/mol. The SMILES string of the molecule is CC/C=C\C/C=C\C/C=C\C/C=C\C/C=C\C/C=C\CCCCCCC(=O)OC(COC(=O)CCCCCCCCCCCCCCCCC/C=C\C/C=C\CCCCCCC)COC(OCC[N+](C)(C)C)C(=O)O. The number of allylic oxidation sites excluding steroid dienone is 16. The average Bonchev–Trinajstić information content (AvgIpc) is 3.38. The van der Waals surface area contributed by atoms with Crippen LogP contribution in [-0.2, 0) is 33.3 Å². The number of esters is 2. The van der Waals surface area contributed by atoms with Gasteiger partial charge >= 0.3 is 17.9 Å². The molecule has 0 aromatic heterocycles. The fourth-order valence-corrected chi connectivity index (χ4v) is 8.16. The van der Waals surface area contributed by atoms with Crippen LogP contribution in [0.5, 0.6) is 0 Å². The van der Waals surface area contributed by atoms with Gasteiger partial charge in [-0.1, -0.05) is 233 Å². The molecule has 0 radical (unpaired) electrons. The highest BCUT2D eigenvalue weighted by Gasteiger charge is 2.25. The van der Waals surface area contributed by atoms with Gasteiger partial charge in [-0.3, -0.25) is 9.59 Å². The topological polar surface area (TPSA) is 108 Å². The van der Waals surface area contributed by atoms with Crippen LogP contribution in [0.3, 0.4) is 0 Å². The maximum Gasteiger partial charge on any atom is 0.361 e. The predicted octanol–water partition coefficient (Wildman–Crippen LogP) is 18.1. The molecule has 0 spiro atoms. The maximum atomic E-state index is 12.9. The number of carboxylic acids is 1. The number of ether oxygens (including phenoxy) is 4. The van der Waals surface area contributed by atoms with Gasteiger partial charge < -0.3 is 28.5 Å². The smallest absolute Gasteiger partial charge is 0.361 e. The number of carbonyl (C=O) groups is 3. The van der Waals surface area contributed by atoms with Crippen molar-refractivity contribution in [1.29, 1.82) is 0 Å².